The molecule has 2 unspecified atom stereocenters. The van der Waals surface area contributed by atoms with Gasteiger partial charge in [0.05, 0.1) is 10.6 Å². The Morgan fingerprint density at radius 3 is 2.86 bits per heavy atom. The van der Waals surface area contributed by atoms with Crippen molar-refractivity contribution in [2.24, 2.45) is 5.73 Å². The van der Waals surface area contributed by atoms with E-state index >= 15 is 0 Å². The Morgan fingerprint density at radius 1 is 1.52 bits per heavy atom. The third-order valence-corrected chi connectivity index (χ3v) is 4.38. The van der Waals surface area contributed by atoms with Crippen LogP contribution in [0.3, 0.4) is 0 Å². The Morgan fingerprint density at radius 2 is 2.24 bits per heavy atom. The van der Waals surface area contributed by atoms with Crippen molar-refractivity contribution in [3.63, 3.8) is 0 Å². The number of aromatic nitrogens is 1. The van der Waals surface area contributed by atoms with Gasteiger partial charge in [0.2, 0.25) is 0 Å². The summed E-state index contributed by atoms with van der Waals surface area (Å²) in [5.41, 5.74) is 8.35. The highest BCUT2D eigenvalue weighted by atomic mass is 16.6. The number of hydrogen-bond acceptors (Lipinski definition) is 5. The van der Waals surface area contributed by atoms with E-state index in [4.69, 9.17) is 5.73 Å². The fourth-order valence-electron chi connectivity index (χ4n) is 3.21. The molecule has 1 aromatic heterocycles. The molecule has 0 aromatic carbocycles. The van der Waals surface area contributed by atoms with E-state index in [0.717, 1.165) is 25.1 Å². The van der Waals surface area contributed by atoms with Crippen LogP contribution in [0.1, 0.15) is 43.0 Å². The zero-order valence-corrected chi connectivity index (χ0v) is 13.0. The lowest BCUT2D eigenvalue weighted by Gasteiger charge is -2.38. The molecule has 0 radical (unpaired) electrons. The molecular formula is C15H24N4O2. The fraction of sp³-hybridized carbons (Fsp3) is 0.667. The van der Waals surface area contributed by atoms with Crippen molar-refractivity contribution in [2.45, 2.75) is 58.7 Å². The summed E-state index contributed by atoms with van der Waals surface area (Å²) in [6.07, 6.45) is 5.04. The Hall–Kier alpha value is -1.53. The molecule has 1 fully saturated rings. The molecule has 0 aliphatic carbocycles. The SMILES string of the molecule is Cc1cnc(CN2CCCCC2C(C)N)c(C)c1[N+](=O)[O-]. The van der Waals surface area contributed by atoms with E-state index in [1.165, 1.54) is 6.42 Å². The first-order valence-corrected chi connectivity index (χ1v) is 7.51. The normalized spacial score (nSPS) is 21.2. The zero-order chi connectivity index (χ0) is 15.6. The zero-order valence-electron chi connectivity index (χ0n) is 13.0. The maximum Gasteiger partial charge on any atom is 0.278 e. The van der Waals surface area contributed by atoms with Crippen molar-refractivity contribution in [3.8, 4) is 0 Å². The van der Waals surface area contributed by atoms with Gasteiger partial charge in [-0.3, -0.25) is 20.0 Å². The summed E-state index contributed by atoms with van der Waals surface area (Å²) in [5.74, 6) is 0. The number of pyridine rings is 1. The molecule has 116 valence electrons. The number of piperidine rings is 1. The maximum atomic E-state index is 11.2. The van der Waals surface area contributed by atoms with Crippen LogP contribution in [-0.2, 0) is 6.54 Å². The molecule has 1 aliphatic rings. The fourth-order valence-corrected chi connectivity index (χ4v) is 3.21. The average molecular weight is 292 g/mol. The second-order valence-corrected chi connectivity index (χ2v) is 6.01. The molecular weight excluding hydrogens is 268 g/mol. The summed E-state index contributed by atoms with van der Waals surface area (Å²) < 4.78 is 0. The first kappa shape index (κ1) is 15.9. The summed E-state index contributed by atoms with van der Waals surface area (Å²) in [7, 11) is 0. The van der Waals surface area contributed by atoms with Crippen LogP contribution >= 0.6 is 0 Å². The molecule has 1 saturated heterocycles. The van der Waals surface area contributed by atoms with Gasteiger partial charge in [0.1, 0.15) is 0 Å². The molecule has 2 N–H and O–H groups in total. The third kappa shape index (κ3) is 3.39. The van der Waals surface area contributed by atoms with Gasteiger partial charge in [0.15, 0.2) is 0 Å². The lowest BCUT2D eigenvalue weighted by atomic mass is 9.96. The highest BCUT2D eigenvalue weighted by Crippen LogP contribution is 2.27. The van der Waals surface area contributed by atoms with Crippen LogP contribution in [0.5, 0.6) is 0 Å². The number of rotatable bonds is 4. The smallest absolute Gasteiger partial charge is 0.278 e. The van der Waals surface area contributed by atoms with Crippen LogP contribution in [0.2, 0.25) is 0 Å². The topological polar surface area (TPSA) is 85.3 Å². The summed E-state index contributed by atoms with van der Waals surface area (Å²) in [6.45, 7) is 7.17. The molecule has 1 aromatic rings. The van der Waals surface area contributed by atoms with Gasteiger partial charge in [-0.05, 0) is 40.2 Å². The Balaban J connectivity index is 2.26. The van der Waals surface area contributed by atoms with Gasteiger partial charge in [-0.15, -0.1) is 0 Å². The summed E-state index contributed by atoms with van der Waals surface area (Å²) in [6, 6.07) is 0.436. The minimum absolute atomic E-state index is 0.103. The Labute approximate surface area is 125 Å². The number of hydrogen-bond donors (Lipinski definition) is 1. The second kappa shape index (κ2) is 6.49. The molecule has 2 rings (SSSR count). The Bertz CT molecular complexity index is 531. The lowest BCUT2D eigenvalue weighted by molar-refractivity contribution is -0.386. The van der Waals surface area contributed by atoms with Crippen LogP contribution in [-0.4, -0.2) is 33.4 Å². The van der Waals surface area contributed by atoms with Gasteiger partial charge < -0.3 is 5.73 Å². The third-order valence-electron chi connectivity index (χ3n) is 4.38. The molecule has 6 nitrogen and oxygen atoms in total. The molecule has 2 atom stereocenters. The first-order chi connectivity index (χ1) is 9.91. The van der Waals surface area contributed by atoms with Crippen LogP contribution in [0.4, 0.5) is 5.69 Å². The molecule has 0 spiro atoms. The van der Waals surface area contributed by atoms with E-state index < -0.39 is 0 Å². The first-order valence-electron chi connectivity index (χ1n) is 7.51. The number of aryl methyl sites for hydroxylation is 1. The van der Waals surface area contributed by atoms with Gasteiger partial charge in [0, 0.05) is 36.0 Å². The van der Waals surface area contributed by atoms with E-state index in [1.807, 2.05) is 6.92 Å². The van der Waals surface area contributed by atoms with Crippen LogP contribution in [0.25, 0.3) is 0 Å². The van der Waals surface area contributed by atoms with E-state index in [9.17, 15) is 10.1 Å². The van der Waals surface area contributed by atoms with Gasteiger partial charge in [-0.1, -0.05) is 6.42 Å². The van der Waals surface area contributed by atoms with Crippen molar-refractivity contribution >= 4 is 5.69 Å². The number of nitrogens with two attached hydrogens (primary N) is 1. The highest BCUT2D eigenvalue weighted by molar-refractivity contribution is 5.47. The van der Waals surface area contributed by atoms with Gasteiger partial charge in [-0.25, -0.2) is 0 Å². The van der Waals surface area contributed by atoms with Crippen molar-refractivity contribution in [1.82, 2.24) is 9.88 Å². The van der Waals surface area contributed by atoms with Gasteiger partial charge in [0.25, 0.3) is 5.69 Å². The maximum absolute atomic E-state index is 11.2. The molecule has 0 bridgehead atoms. The number of nitro groups is 1. The molecule has 1 aliphatic heterocycles. The van der Waals surface area contributed by atoms with Crippen molar-refractivity contribution in [1.29, 1.82) is 0 Å². The van der Waals surface area contributed by atoms with E-state index in [1.54, 1.807) is 20.0 Å². The summed E-state index contributed by atoms with van der Waals surface area (Å²) in [4.78, 5) is 17.6. The minimum atomic E-state index is -0.310. The highest BCUT2D eigenvalue weighted by Gasteiger charge is 2.27. The van der Waals surface area contributed by atoms with Gasteiger partial charge in [-0.2, -0.15) is 0 Å². The van der Waals surface area contributed by atoms with Crippen molar-refractivity contribution < 1.29 is 4.92 Å². The van der Waals surface area contributed by atoms with Gasteiger partial charge >= 0.3 is 0 Å². The van der Waals surface area contributed by atoms with E-state index in [0.29, 0.717) is 23.7 Å². The van der Waals surface area contributed by atoms with Crippen LogP contribution in [0, 0.1) is 24.0 Å². The Kier molecular flexibility index (Phi) is 4.90. The van der Waals surface area contributed by atoms with Crippen molar-refractivity contribution in [2.75, 3.05) is 6.54 Å². The van der Waals surface area contributed by atoms with Crippen LogP contribution < -0.4 is 5.73 Å². The second-order valence-electron chi connectivity index (χ2n) is 6.01. The minimum Gasteiger partial charge on any atom is -0.327 e. The molecule has 2 heterocycles. The number of nitrogens with zero attached hydrogens (tertiary/aromatic N) is 3. The van der Waals surface area contributed by atoms with Crippen molar-refractivity contribution in [3.05, 3.63) is 33.1 Å². The summed E-state index contributed by atoms with van der Waals surface area (Å²) in [5, 5.41) is 11.2. The standard InChI is InChI=1S/C15H24N4O2/c1-10-8-17-13(11(2)15(10)19(20)21)9-18-7-5-4-6-14(18)12(3)16/h8,12,14H,4-7,9,16H2,1-3H3. The predicted octanol–water partition coefficient (Wildman–Crippen LogP) is 2.31. The molecule has 0 amide bonds. The van der Waals surface area contributed by atoms with E-state index in [-0.39, 0.29) is 16.7 Å². The summed E-state index contributed by atoms with van der Waals surface area (Å²) >= 11 is 0. The molecule has 0 saturated carbocycles. The predicted molar refractivity (Wildman–Crippen MR) is 82.1 cm³/mol. The van der Waals surface area contributed by atoms with Crippen LogP contribution in [0.15, 0.2) is 6.20 Å². The molecule has 6 heteroatoms. The molecule has 21 heavy (non-hydrogen) atoms. The lowest BCUT2D eigenvalue weighted by Crippen LogP contribution is -2.48. The quantitative estimate of drug-likeness (QED) is 0.680. The monoisotopic (exact) mass is 292 g/mol. The average Bonchev–Trinajstić information content (AvgIpc) is 2.42. The largest absolute Gasteiger partial charge is 0.327 e. The van der Waals surface area contributed by atoms with E-state index in [2.05, 4.69) is 9.88 Å². The number of likely N-dealkylation sites (tertiary alicyclic amines) is 1.